The predicted octanol–water partition coefficient (Wildman–Crippen LogP) is 3.91. The summed E-state index contributed by atoms with van der Waals surface area (Å²) < 4.78 is 11.0. The number of rotatable bonds is 7. The number of aromatic nitrogens is 3. The average Bonchev–Trinajstić information content (AvgIpc) is 3.35. The molecule has 154 valence electrons. The Morgan fingerprint density at radius 1 is 1.17 bits per heavy atom. The fraction of sp³-hybridized carbons (Fsp3) is 0.261. The van der Waals surface area contributed by atoms with Gasteiger partial charge in [0.1, 0.15) is 11.4 Å². The first-order valence-corrected chi connectivity index (χ1v) is 9.85. The first-order valence-electron chi connectivity index (χ1n) is 9.85. The zero-order chi connectivity index (χ0) is 21.1. The third kappa shape index (κ3) is 4.20. The Morgan fingerprint density at radius 2 is 1.97 bits per heavy atom. The fourth-order valence-corrected chi connectivity index (χ4v) is 3.28. The van der Waals surface area contributed by atoms with Crippen molar-refractivity contribution in [2.24, 2.45) is 0 Å². The highest BCUT2D eigenvalue weighted by atomic mass is 16.5. The molecule has 1 amide bonds. The number of amides is 1. The van der Waals surface area contributed by atoms with Crippen LogP contribution in [-0.2, 0) is 11.2 Å². The molecule has 7 nitrogen and oxygen atoms in total. The Bertz CT molecular complexity index is 1160. The molecule has 0 bridgehead atoms. The molecule has 0 unspecified atom stereocenters. The number of carbonyl (C=O) groups is 1. The second-order valence-corrected chi connectivity index (χ2v) is 7.36. The molecule has 0 atom stereocenters. The maximum Gasteiger partial charge on any atom is 0.274 e. The molecule has 1 N–H and O–H groups in total. The minimum atomic E-state index is -0.107. The van der Waals surface area contributed by atoms with Gasteiger partial charge in [0.15, 0.2) is 12.4 Å². The SMILES string of the molecule is Cc1ccc2[nH]c(-c3nc(CCN(C)C(=O)COc4ccccc4)no3)c(C)c2c1. The highest BCUT2D eigenvalue weighted by Crippen LogP contribution is 2.29. The maximum absolute atomic E-state index is 12.3. The van der Waals surface area contributed by atoms with Gasteiger partial charge in [0.05, 0.1) is 0 Å². The number of benzene rings is 2. The van der Waals surface area contributed by atoms with Crippen molar-refractivity contribution < 1.29 is 14.1 Å². The number of nitrogens with one attached hydrogen (secondary N) is 1. The lowest BCUT2D eigenvalue weighted by atomic mass is 10.1. The number of ether oxygens (including phenoxy) is 1. The van der Waals surface area contributed by atoms with Crippen molar-refractivity contribution in [2.75, 3.05) is 20.2 Å². The molecule has 0 saturated heterocycles. The second kappa shape index (κ2) is 8.41. The van der Waals surface area contributed by atoms with Crippen molar-refractivity contribution in [1.29, 1.82) is 0 Å². The molecular formula is C23H24N4O3. The summed E-state index contributed by atoms with van der Waals surface area (Å²) in [6.07, 6.45) is 0.495. The van der Waals surface area contributed by atoms with E-state index in [1.165, 1.54) is 5.56 Å². The van der Waals surface area contributed by atoms with Gasteiger partial charge in [0.2, 0.25) is 0 Å². The molecule has 0 aliphatic heterocycles. The number of likely N-dealkylation sites (N-methyl/N-ethyl adjacent to an activating group) is 1. The number of hydrogen-bond donors (Lipinski definition) is 1. The number of para-hydroxylation sites is 1. The van der Waals surface area contributed by atoms with Gasteiger partial charge < -0.3 is 19.1 Å². The van der Waals surface area contributed by atoms with E-state index in [0.717, 1.165) is 22.2 Å². The third-order valence-corrected chi connectivity index (χ3v) is 5.10. The molecule has 0 fully saturated rings. The Hall–Kier alpha value is -3.61. The largest absolute Gasteiger partial charge is 0.484 e. The van der Waals surface area contributed by atoms with E-state index in [2.05, 4.69) is 40.2 Å². The first-order chi connectivity index (χ1) is 14.5. The number of aromatic amines is 1. The van der Waals surface area contributed by atoms with Crippen molar-refractivity contribution >= 4 is 16.8 Å². The van der Waals surface area contributed by atoms with Gasteiger partial charge in [-0.05, 0) is 43.7 Å². The second-order valence-electron chi connectivity index (χ2n) is 7.36. The molecule has 4 rings (SSSR count). The lowest BCUT2D eigenvalue weighted by Gasteiger charge is -2.16. The molecule has 0 aliphatic carbocycles. The Kier molecular flexibility index (Phi) is 5.52. The highest BCUT2D eigenvalue weighted by Gasteiger charge is 2.17. The zero-order valence-electron chi connectivity index (χ0n) is 17.3. The van der Waals surface area contributed by atoms with Crippen LogP contribution in [-0.4, -0.2) is 46.1 Å². The molecule has 4 aromatic rings. The Labute approximate surface area is 174 Å². The van der Waals surface area contributed by atoms with Crippen LogP contribution < -0.4 is 4.74 Å². The Morgan fingerprint density at radius 3 is 2.77 bits per heavy atom. The monoisotopic (exact) mass is 404 g/mol. The van der Waals surface area contributed by atoms with Crippen LogP contribution in [0.1, 0.15) is 17.0 Å². The van der Waals surface area contributed by atoms with E-state index >= 15 is 0 Å². The summed E-state index contributed by atoms with van der Waals surface area (Å²) in [4.78, 5) is 21.7. The van der Waals surface area contributed by atoms with Crippen LogP contribution in [0.2, 0.25) is 0 Å². The van der Waals surface area contributed by atoms with Gasteiger partial charge in [0, 0.05) is 30.9 Å². The van der Waals surface area contributed by atoms with E-state index in [1.54, 1.807) is 11.9 Å². The van der Waals surface area contributed by atoms with E-state index in [4.69, 9.17) is 9.26 Å². The number of hydrogen-bond acceptors (Lipinski definition) is 5. The van der Waals surface area contributed by atoms with Crippen LogP contribution in [0.5, 0.6) is 5.75 Å². The van der Waals surface area contributed by atoms with Gasteiger partial charge in [-0.2, -0.15) is 4.98 Å². The molecule has 2 heterocycles. The van der Waals surface area contributed by atoms with Gasteiger partial charge in [-0.15, -0.1) is 0 Å². The molecule has 0 radical (unpaired) electrons. The van der Waals surface area contributed by atoms with Gasteiger partial charge in [0.25, 0.3) is 11.8 Å². The lowest BCUT2D eigenvalue weighted by molar-refractivity contribution is -0.132. The van der Waals surface area contributed by atoms with Crippen LogP contribution >= 0.6 is 0 Å². The van der Waals surface area contributed by atoms with Gasteiger partial charge in [-0.1, -0.05) is 35.0 Å². The standard InChI is InChI=1S/C23H24N4O3/c1-15-9-10-19-18(13-15)16(2)22(24-19)23-25-20(26-30-23)11-12-27(3)21(28)14-29-17-7-5-4-6-8-17/h4-10,13,24H,11-12,14H2,1-3H3. The van der Waals surface area contributed by atoms with Crippen molar-refractivity contribution in [3.05, 3.63) is 65.5 Å². The molecule has 0 spiro atoms. The summed E-state index contributed by atoms with van der Waals surface area (Å²) in [5.41, 5.74) is 4.15. The topological polar surface area (TPSA) is 84.2 Å². The molecule has 0 saturated carbocycles. The van der Waals surface area contributed by atoms with Crippen molar-refractivity contribution in [3.8, 4) is 17.3 Å². The third-order valence-electron chi connectivity index (χ3n) is 5.10. The van der Waals surface area contributed by atoms with Crippen molar-refractivity contribution in [3.63, 3.8) is 0 Å². The van der Waals surface area contributed by atoms with E-state index < -0.39 is 0 Å². The minimum Gasteiger partial charge on any atom is -0.484 e. The van der Waals surface area contributed by atoms with Crippen LogP contribution in [0, 0.1) is 13.8 Å². The lowest BCUT2D eigenvalue weighted by Crippen LogP contribution is -2.33. The van der Waals surface area contributed by atoms with Gasteiger partial charge in [-0.3, -0.25) is 4.79 Å². The Balaban J connectivity index is 1.36. The molecule has 2 aromatic carbocycles. The van der Waals surface area contributed by atoms with Gasteiger partial charge >= 0.3 is 0 Å². The van der Waals surface area contributed by atoms with E-state index in [1.807, 2.05) is 37.3 Å². The average molecular weight is 404 g/mol. The molecule has 0 aliphatic rings. The zero-order valence-corrected chi connectivity index (χ0v) is 17.3. The van der Waals surface area contributed by atoms with E-state index in [-0.39, 0.29) is 12.5 Å². The summed E-state index contributed by atoms with van der Waals surface area (Å²) in [6, 6.07) is 15.5. The molecule has 7 heteroatoms. The number of nitrogens with zero attached hydrogens (tertiary/aromatic N) is 3. The van der Waals surface area contributed by atoms with Crippen molar-refractivity contribution in [1.82, 2.24) is 20.0 Å². The highest BCUT2D eigenvalue weighted by molar-refractivity contribution is 5.89. The summed E-state index contributed by atoms with van der Waals surface area (Å²) in [5, 5.41) is 5.22. The minimum absolute atomic E-state index is 0.00825. The van der Waals surface area contributed by atoms with E-state index in [0.29, 0.717) is 30.4 Å². The summed E-state index contributed by atoms with van der Waals surface area (Å²) in [6.45, 7) is 4.57. The quantitative estimate of drug-likeness (QED) is 0.505. The summed E-state index contributed by atoms with van der Waals surface area (Å²) >= 11 is 0. The van der Waals surface area contributed by atoms with Crippen molar-refractivity contribution in [2.45, 2.75) is 20.3 Å². The molecule has 2 aromatic heterocycles. The number of carbonyl (C=O) groups excluding carboxylic acids is 1. The normalized spacial score (nSPS) is 11.0. The molecule has 30 heavy (non-hydrogen) atoms. The van der Waals surface area contributed by atoms with Gasteiger partial charge in [-0.25, -0.2) is 0 Å². The van der Waals surface area contributed by atoms with Crippen LogP contribution in [0.3, 0.4) is 0 Å². The predicted molar refractivity (Wildman–Crippen MR) is 114 cm³/mol. The maximum atomic E-state index is 12.3. The number of fused-ring (bicyclic) bond motifs is 1. The number of aryl methyl sites for hydroxylation is 2. The molecular weight excluding hydrogens is 380 g/mol. The first kappa shape index (κ1) is 19.7. The van der Waals surface area contributed by atoms with Crippen LogP contribution in [0.25, 0.3) is 22.5 Å². The summed E-state index contributed by atoms with van der Waals surface area (Å²) in [7, 11) is 1.74. The summed E-state index contributed by atoms with van der Waals surface area (Å²) in [5.74, 6) is 1.58. The fourth-order valence-electron chi connectivity index (χ4n) is 3.28. The smallest absolute Gasteiger partial charge is 0.274 e. The van der Waals surface area contributed by atoms with Crippen LogP contribution in [0.4, 0.5) is 0 Å². The van der Waals surface area contributed by atoms with E-state index in [9.17, 15) is 4.79 Å². The van der Waals surface area contributed by atoms with Crippen LogP contribution in [0.15, 0.2) is 53.1 Å². The number of H-pyrrole nitrogens is 1.